The maximum atomic E-state index is 13.0. The summed E-state index contributed by atoms with van der Waals surface area (Å²) in [6.07, 6.45) is 8.45. The molecule has 6 aromatic rings. The summed E-state index contributed by atoms with van der Waals surface area (Å²) >= 11 is 0. The van der Waals surface area contributed by atoms with E-state index in [0.29, 0.717) is 58.4 Å². The van der Waals surface area contributed by atoms with Gasteiger partial charge in [-0.25, -0.2) is 29.5 Å². The number of carbonyl (C=O) groups excluding carboxylic acids is 2. The van der Waals surface area contributed by atoms with E-state index in [0.717, 1.165) is 133 Å². The van der Waals surface area contributed by atoms with E-state index in [1.165, 1.54) is 0 Å². The third-order valence-electron chi connectivity index (χ3n) is 19.0. The molecule has 0 unspecified atom stereocenters. The zero-order chi connectivity index (χ0) is 71.5. The molecule has 98 heavy (non-hydrogen) atoms. The van der Waals surface area contributed by atoms with Crippen molar-refractivity contribution in [1.29, 1.82) is 0 Å². The van der Waals surface area contributed by atoms with Gasteiger partial charge in [-0.3, -0.25) is 19.2 Å². The molecular formula is C78H86N10O10. The number of hydrogen-bond acceptors (Lipinski definition) is 10. The van der Waals surface area contributed by atoms with Crippen molar-refractivity contribution in [3.8, 4) is 0 Å². The van der Waals surface area contributed by atoms with Crippen molar-refractivity contribution in [1.82, 2.24) is 50.5 Å². The number of fused-ring (bicyclic) bond motifs is 16. The molecule has 4 aliphatic heterocycles. The van der Waals surface area contributed by atoms with Gasteiger partial charge >= 0.3 is 23.9 Å². The molecule has 0 spiro atoms. The second-order valence-corrected chi connectivity index (χ2v) is 25.9. The van der Waals surface area contributed by atoms with Crippen LogP contribution in [-0.4, -0.2) is 108 Å². The molecule has 20 heteroatoms. The lowest BCUT2D eigenvalue weighted by atomic mass is 9.98. The van der Waals surface area contributed by atoms with E-state index in [1.807, 2.05) is 116 Å². The first-order valence-electron chi connectivity index (χ1n) is 32.8. The van der Waals surface area contributed by atoms with Gasteiger partial charge in [-0.2, -0.15) is 0 Å². The highest BCUT2D eigenvalue weighted by atomic mass is 16.4. The van der Waals surface area contributed by atoms with Gasteiger partial charge in [0.25, 0.3) is 0 Å². The summed E-state index contributed by atoms with van der Waals surface area (Å²) in [5.41, 5.74) is 26.8. The molecule has 0 saturated carbocycles. The van der Waals surface area contributed by atoms with Crippen LogP contribution in [-0.2, 0) is 28.8 Å². The average molecular weight is 1320 g/mol. The second-order valence-electron chi connectivity index (χ2n) is 25.9. The zero-order valence-electron chi connectivity index (χ0n) is 57.8. The molecule has 6 aromatic heterocycles. The maximum absolute atomic E-state index is 13.0. The Morgan fingerprint density at radius 2 is 0.602 bits per heavy atom. The van der Waals surface area contributed by atoms with Crippen LogP contribution in [0.15, 0.2) is 74.8 Å². The molecule has 16 bridgehead atoms. The van der Waals surface area contributed by atoms with Crippen LogP contribution in [0.25, 0.3) is 113 Å². The molecule has 10 N–H and O–H groups in total. The highest BCUT2D eigenvalue weighted by Gasteiger charge is 2.29. The maximum Gasteiger partial charge on any atom is 0.326 e. The van der Waals surface area contributed by atoms with Gasteiger partial charge in [0.2, 0.25) is 11.8 Å². The lowest BCUT2D eigenvalue weighted by molar-refractivity contribution is -0.143. The summed E-state index contributed by atoms with van der Waals surface area (Å²) in [4.78, 5) is 107. The van der Waals surface area contributed by atoms with Crippen LogP contribution >= 0.6 is 0 Å². The zero-order valence-corrected chi connectivity index (χ0v) is 57.8. The van der Waals surface area contributed by atoms with Gasteiger partial charge in [0, 0.05) is 92.1 Å². The molecule has 2 atom stereocenters. The summed E-state index contributed by atoms with van der Waals surface area (Å²) in [5.74, 6) is -5.26. The molecule has 0 saturated heterocycles. The van der Waals surface area contributed by atoms with Crippen LogP contribution in [0.1, 0.15) is 197 Å². The SMILES string of the molecule is C=Cc1c(C)c2cc3[nH]c(cc4nc(cc5nc(cc1[nH]2)C(C)=C5CCC(=O)N[C@H](C(=O)O)C(C)C)C(CCC(=O)O)=C4C)c(C)c3C=C.C=Cc1c(C)c2cc3[nH]c(cc4nc(cc5nc(cc1[nH]2)C(C)=C5CCC(=O)O)C(CCC(=O)N[C@H](C(=O)O)C(C)C)=C4C)c(C)c3C=C. The number of H-pyrrole nitrogens is 4. The smallest absolute Gasteiger partial charge is 0.326 e. The minimum absolute atomic E-state index is 0.0557. The fraction of sp³-hybridized carbons (Fsp3) is 0.308. The second kappa shape index (κ2) is 29.5. The van der Waals surface area contributed by atoms with Crippen molar-refractivity contribution in [3.05, 3.63) is 165 Å². The molecule has 0 aliphatic carbocycles. The van der Waals surface area contributed by atoms with Gasteiger partial charge in [-0.05, 0) is 208 Å². The number of aromatic nitrogens is 8. The van der Waals surface area contributed by atoms with Crippen LogP contribution in [0, 0.1) is 39.5 Å². The highest BCUT2D eigenvalue weighted by Crippen LogP contribution is 2.41. The molecular weight excluding hydrogens is 1240 g/mol. The summed E-state index contributed by atoms with van der Waals surface area (Å²) in [7, 11) is 0. The third-order valence-corrected chi connectivity index (χ3v) is 19.0. The Hall–Kier alpha value is -11.0. The number of aromatic amines is 4. The summed E-state index contributed by atoms with van der Waals surface area (Å²) < 4.78 is 0. The predicted octanol–water partition coefficient (Wildman–Crippen LogP) is 15.9. The van der Waals surface area contributed by atoms with Crippen molar-refractivity contribution in [2.24, 2.45) is 11.8 Å². The number of carboxylic acid groups (broad SMARTS) is 4. The summed E-state index contributed by atoms with van der Waals surface area (Å²) in [5, 5.41) is 43.6. The molecule has 0 fully saturated rings. The summed E-state index contributed by atoms with van der Waals surface area (Å²) in [6, 6.07) is 13.8. The van der Waals surface area contributed by atoms with Crippen LogP contribution in [0.5, 0.6) is 0 Å². The molecule has 10 rings (SSSR count). The van der Waals surface area contributed by atoms with Gasteiger partial charge in [-0.15, -0.1) is 0 Å². The minimum Gasteiger partial charge on any atom is -0.481 e. The van der Waals surface area contributed by atoms with Crippen LogP contribution < -0.4 is 10.6 Å². The Bertz CT molecular complexity index is 4900. The van der Waals surface area contributed by atoms with Crippen LogP contribution in [0.3, 0.4) is 0 Å². The van der Waals surface area contributed by atoms with Crippen molar-refractivity contribution >= 4 is 149 Å². The fourth-order valence-electron chi connectivity index (χ4n) is 13.1. The lowest BCUT2D eigenvalue weighted by Gasteiger charge is -2.18. The molecule has 4 aliphatic rings. The van der Waals surface area contributed by atoms with E-state index < -0.39 is 36.0 Å². The molecule has 508 valence electrons. The van der Waals surface area contributed by atoms with Crippen LogP contribution in [0.2, 0.25) is 0 Å². The van der Waals surface area contributed by atoms with Crippen molar-refractivity contribution in [3.63, 3.8) is 0 Å². The van der Waals surface area contributed by atoms with Gasteiger partial charge in [-0.1, -0.05) is 78.3 Å². The van der Waals surface area contributed by atoms with E-state index >= 15 is 0 Å². The molecule has 10 heterocycles. The van der Waals surface area contributed by atoms with E-state index in [4.69, 9.17) is 19.9 Å². The van der Waals surface area contributed by atoms with Gasteiger partial charge in [0.15, 0.2) is 0 Å². The molecule has 0 radical (unpaired) electrons. The van der Waals surface area contributed by atoms with Crippen molar-refractivity contribution < 1.29 is 49.2 Å². The number of carboxylic acids is 4. The number of carbonyl (C=O) groups is 6. The Morgan fingerprint density at radius 1 is 0.367 bits per heavy atom. The van der Waals surface area contributed by atoms with E-state index in [-0.39, 0.29) is 62.2 Å². The monoisotopic (exact) mass is 1320 g/mol. The first-order valence-corrected chi connectivity index (χ1v) is 32.8. The Labute approximate surface area is 569 Å². The van der Waals surface area contributed by atoms with Gasteiger partial charge in [0.05, 0.1) is 45.6 Å². The quantitative estimate of drug-likeness (QED) is 0.0302. The van der Waals surface area contributed by atoms with Crippen molar-refractivity contribution in [2.45, 2.75) is 147 Å². The van der Waals surface area contributed by atoms with Gasteiger partial charge in [0.1, 0.15) is 12.1 Å². The number of rotatable bonds is 22. The number of hydrogen-bond donors (Lipinski definition) is 10. The molecule has 20 nitrogen and oxygen atoms in total. The Balaban J connectivity index is 0.000000229. The van der Waals surface area contributed by atoms with E-state index in [1.54, 1.807) is 27.7 Å². The first kappa shape index (κ1) is 71.3. The largest absolute Gasteiger partial charge is 0.481 e. The first-order chi connectivity index (χ1) is 46.5. The van der Waals surface area contributed by atoms with Crippen LogP contribution in [0.4, 0.5) is 0 Å². The topological polar surface area (TPSA) is 322 Å². The lowest BCUT2D eigenvalue weighted by Crippen LogP contribution is -2.44. The van der Waals surface area contributed by atoms with Crippen molar-refractivity contribution in [2.75, 3.05) is 0 Å². The number of aryl methyl sites for hydroxylation is 4. The number of amides is 2. The highest BCUT2D eigenvalue weighted by molar-refractivity contribution is 6.00. The normalized spacial score (nSPS) is 13.5. The predicted molar refractivity (Wildman–Crippen MR) is 392 cm³/mol. The summed E-state index contributed by atoms with van der Waals surface area (Å²) in [6.45, 7) is 39.2. The standard InChI is InChI=1S/2C39H43N5O5/c1-9-24-20(5)28-15-29-23(8)27(12-14-37(46)47)35(42-29)18-34-26(11-13-36(45)44-38(19(3)4)39(48)49)22(7)31(43-34)17-33-25(10-2)21(6)30(41-33)16-32(24)40-28;1-9-24-20(5)28-15-29-22(7)26(11-13-36(45)44-38(19(3)4)39(48)49)34(42-29)18-35-27(12-14-37(46)47)23(8)31(43-35)17-33-25(10-2)21(6)30(41-33)16-32(24)40-28/h2*9-10,15-19,38,40-41H,1-2,11-14H2,3-8H3,(H,44,45)(H,46,47)(H,48,49)/t2*38-/m00/s1. The van der Waals surface area contributed by atoms with E-state index in [9.17, 15) is 49.2 Å². The average Bonchev–Trinajstić information content (AvgIpc) is 1.63. The molecule has 2 amide bonds. The Kier molecular flexibility index (Phi) is 21.5. The fourth-order valence-corrected chi connectivity index (χ4v) is 13.1. The minimum atomic E-state index is -1.08. The number of allylic oxidation sites excluding steroid dienone is 8. The Morgan fingerprint density at radius 3 is 0.837 bits per heavy atom. The molecule has 0 aromatic carbocycles. The number of nitrogens with zero attached hydrogens (tertiary/aromatic N) is 4. The van der Waals surface area contributed by atoms with E-state index in [2.05, 4.69) is 69.0 Å². The third kappa shape index (κ3) is 14.8. The van der Waals surface area contributed by atoms with Gasteiger partial charge < -0.3 is 51.0 Å². The number of nitrogens with one attached hydrogen (secondary N) is 6. The number of aliphatic carboxylic acids is 4.